The Morgan fingerprint density at radius 2 is 2.20 bits per heavy atom. The fourth-order valence-corrected chi connectivity index (χ4v) is 3.73. The highest BCUT2D eigenvalue weighted by Gasteiger charge is 2.19. The Kier molecular flexibility index (Phi) is 3.92. The Morgan fingerprint density at radius 1 is 1.35 bits per heavy atom. The van der Waals surface area contributed by atoms with Gasteiger partial charge in [0.15, 0.2) is 0 Å². The van der Waals surface area contributed by atoms with Crippen LogP contribution in [0.2, 0.25) is 0 Å². The van der Waals surface area contributed by atoms with E-state index in [-0.39, 0.29) is 11.9 Å². The second-order valence-electron chi connectivity index (χ2n) is 4.49. The lowest BCUT2D eigenvalue weighted by atomic mass is 10.1. The number of halogens is 2. The quantitative estimate of drug-likeness (QED) is 0.706. The van der Waals surface area contributed by atoms with Crippen molar-refractivity contribution in [3.05, 3.63) is 56.6 Å². The van der Waals surface area contributed by atoms with Gasteiger partial charge in [-0.15, -0.1) is 11.3 Å². The second kappa shape index (κ2) is 5.68. The van der Waals surface area contributed by atoms with Crippen molar-refractivity contribution in [3.8, 4) is 0 Å². The maximum Gasteiger partial charge on any atom is 0.134 e. The molecule has 0 amide bonds. The van der Waals surface area contributed by atoms with Crippen LogP contribution in [-0.4, -0.2) is 6.54 Å². The van der Waals surface area contributed by atoms with Crippen LogP contribution in [0, 0.1) is 5.82 Å². The van der Waals surface area contributed by atoms with E-state index in [1.54, 1.807) is 17.4 Å². The van der Waals surface area contributed by atoms with E-state index in [0.717, 1.165) is 22.2 Å². The molecule has 0 fully saturated rings. The number of hydrogen-bond donors (Lipinski definition) is 1. The van der Waals surface area contributed by atoms with Crippen molar-refractivity contribution in [2.45, 2.75) is 13.0 Å². The molecule has 0 aliphatic heterocycles. The fourth-order valence-electron chi connectivity index (χ4n) is 2.20. The maximum absolute atomic E-state index is 13.3. The molecule has 0 bridgehead atoms. The van der Waals surface area contributed by atoms with E-state index in [1.807, 2.05) is 11.4 Å². The molecule has 0 saturated carbocycles. The Bertz CT molecular complexity index is 736. The van der Waals surface area contributed by atoms with Gasteiger partial charge in [-0.2, -0.15) is 0 Å². The molecule has 0 aliphatic carbocycles. The summed E-state index contributed by atoms with van der Waals surface area (Å²) in [5.74, 6) is 0.561. The lowest BCUT2D eigenvalue weighted by Gasteiger charge is -2.13. The minimum absolute atomic E-state index is 0.00763. The molecule has 0 radical (unpaired) electrons. The summed E-state index contributed by atoms with van der Waals surface area (Å²) in [5, 5.41) is 6.24. The van der Waals surface area contributed by atoms with Crippen LogP contribution in [0.1, 0.15) is 23.6 Å². The van der Waals surface area contributed by atoms with E-state index < -0.39 is 0 Å². The van der Waals surface area contributed by atoms with Gasteiger partial charge in [-0.05, 0) is 52.8 Å². The highest BCUT2D eigenvalue weighted by Crippen LogP contribution is 2.33. The molecule has 1 N–H and O–H groups in total. The molecule has 1 atom stereocenters. The molecule has 1 unspecified atom stereocenters. The molecule has 104 valence electrons. The summed E-state index contributed by atoms with van der Waals surface area (Å²) in [4.78, 5) is 1.17. The molecule has 0 spiro atoms. The van der Waals surface area contributed by atoms with Gasteiger partial charge in [-0.25, -0.2) is 4.39 Å². The number of furan rings is 1. The molecule has 2 heterocycles. The molecular formula is C15H13BrFNOS. The van der Waals surface area contributed by atoms with Crippen molar-refractivity contribution in [1.82, 2.24) is 5.32 Å². The van der Waals surface area contributed by atoms with Crippen molar-refractivity contribution in [1.29, 1.82) is 0 Å². The number of nitrogens with one attached hydrogen (secondary N) is 1. The first-order valence-electron chi connectivity index (χ1n) is 6.33. The van der Waals surface area contributed by atoms with Crippen LogP contribution in [0.25, 0.3) is 11.0 Å². The monoisotopic (exact) mass is 353 g/mol. The lowest BCUT2D eigenvalue weighted by Crippen LogP contribution is -2.20. The first-order valence-corrected chi connectivity index (χ1v) is 8.01. The normalized spacial score (nSPS) is 12.9. The number of benzene rings is 1. The third kappa shape index (κ3) is 2.66. The van der Waals surface area contributed by atoms with Gasteiger partial charge in [0.25, 0.3) is 0 Å². The zero-order valence-corrected chi connectivity index (χ0v) is 13.2. The van der Waals surface area contributed by atoms with Crippen molar-refractivity contribution < 1.29 is 8.81 Å². The molecule has 3 rings (SSSR count). The average molecular weight is 354 g/mol. The average Bonchev–Trinajstić information content (AvgIpc) is 3.01. The van der Waals surface area contributed by atoms with E-state index in [2.05, 4.69) is 34.2 Å². The Morgan fingerprint density at radius 3 is 2.90 bits per heavy atom. The van der Waals surface area contributed by atoms with Crippen LogP contribution in [-0.2, 0) is 0 Å². The molecule has 1 aromatic carbocycles. The second-order valence-corrected chi connectivity index (χ2v) is 6.35. The Balaban J connectivity index is 2.04. The highest BCUT2D eigenvalue weighted by molar-refractivity contribution is 9.10. The van der Waals surface area contributed by atoms with Gasteiger partial charge in [0.05, 0.1) is 0 Å². The van der Waals surface area contributed by atoms with Crippen molar-refractivity contribution in [2.75, 3.05) is 6.54 Å². The number of fused-ring (bicyclic) bond motifs is 1. The van der Waals surface area contributed by atoms with Crippen LogP contribution in [0.5, 0.6) is 0 Å². The summed E-state index contributed by atoms with van der Waals surface area (Å²) in [6, 6.07) is 8.55. The largest absolute Gasteiger partial charge is 0.459 e. The van der Waals surface area contributed by atoms with Crippen molar-refractivity contribution in [2.24, 2.45) is 0 Å². The lowest BCUT2D eigenvalue weighted by molar-refractivity contribution is 0.480. The summed E-state index contributed by atoms with van der Waals surface area (Å²) >= 11 is 5.13. The van der Waals surface area contributed by atoms with Crippen LogP contribution < -0.4 is 5.32 Å². The first kappa shape index (κ1) is 13.8. The summed E-state index contributed by atoms with van der Waals surface area (Å²) in [5.41, 5.74) is 0.708. The SMILES string of the molecule is CCNC(c1cc2cc(F)ccc2o1)c1cc(Br)cs1. The summed E-state index contributed by atoms with van der Waals surface area (Å²) in [7, 11) is 0. The fraction of sp³-hybridized carbons (Fsp3) is 0.200. The molecule has 3 aromatic rings. The smallest absolute Gasteiger partial charge is 0.134 e. The summed E-state index contributed by atoms with van der Waals surface area (Å²) in [6.45, 7) is 2.88. The summed E-state index contributed by atoms with van der Waals surface area (Å²) in [6.07, 6.45) is 0. The van der Waals surface area contributed by atoms with E-state index in [0.29, 0.717) is 5.58 Å². The van der Waals surface area contributed by atoms with Gasteiger partial charge >= 0.3 is 0 Å². The predicted octanol–water partition coefficient (Wildman–Crippen LogP) is 5.09. The Hall–Kier alpha value is -1.17. The van der Waals surface area contributed by atoms with Gasteiger partial charge in [0, 0.05) is 20.1 Å². The van der Waals surface area contributed by atoms with Gasteiger partial charge in [0.2, 0.25) is 0 Å². The van der Waals surface area contributed by atoms with E-state index >= 15 is 0 Å². The molecule has 2 nitrogen and oxygen atoms in total. The predicted molar refractivity (Wildman–Crippen MR) is 83.7 cm³/mol. The zero-order chi connectivity index (χ0) is 14.1. The summed E-state index contributed by atoms with van der Waals surface area (Å²) < 4.78 is 20.2. The number of rotatable bonds is 4. The Labute approximate surface area is 128 Å². The van der Waals surface area contributed by atoms with Gasteiger partial charge in [-0.3, -0.25) is 0 Å². The molecule has 20 heavy (non-hydrogen) atoms. The van der Waals surface area contributed by atoms with Gasteiger partial charge in [-0.1, -0.05) is 6.92 Å². The highest BCUT2D eigenvalue weighted by atomic mass is 79.9. The molecule has 2 aromatic heterocycles. The third-order valence-electron chi connectivity index (χ3n) is 3.06. The molecule has 0 saturated heterocycles. The first-order chi connectivity index (χ1) is 9.67. The van der Waals surface area contributed by atoms with Gasteiger partial charge < -0.3 is 9.73 Å². The van der Waals surface area contributed by atoms with E-state index in [9.17, 15) is 4.39 Å². The third-order valence-corrected chi connectivity index (χ3v) is 4.82. The van der Waals surface area contributed by atoms with E-state index in [4.69, 9.17) is 4.42 Å². The van der Waals surface area contributed by atoms with Crippen LogP contribution >= 0.6 is 27.3 Å². The minimum Gasteiger partial charge on any atom is -0.459 e. The van der Waals surface area contributed by atoms with Crippen molar-refractivity contribution in [3.63, 3.8) is 0 Å². The molecule has 5 heteroatoms. The molecule has 0 aliphatic rings. The zero-order valence-electron chi connectivity index (χ0n) is 10.8. The molecular weight excluding hydrogens is 341 g/mol. The van der Waals surface area contributed by atoms with E-state index in [1.165, 1.54) is 17.0 Å². The van der Waals surface area contributed by atoms with Crippen LogP contribution in [0.3, 0.4) is 0 Å². The van der Waals surface area contributed by atoms with Crippen molar-refractivity contribution >= 4 is 38.2 Å². The standard InChI is InChI=1S/C15H13BrFNOS/c1-2-18-15(14-7-10(16)8-20-14)13-6-9-5-11(17)3-4-12(9)19-13/h3-8,15,18H,2H2,1H3. The van der Waals surface area contributed by atoms with Gasteiger partial charge in [0.1, 0.15) is 23.2 Å². The number of hydrogen-bond acceptors (Lipinski definition) is 3. The minimum atomic E-state index is -0.247. The topological polar surface area (TPSA) is 25.2 Å². The van der Waals surface area contributed by atoms with Crippen LogP contribution in [0.4, 0.5) is 4.39 Å². The number of thiophene rings is 1. The van der Waals surface area contributed by atoms with Crippen LogP contribution in [0.15, 0.2) is 44.6 Å². The maximum atomic E-state index is 13.3.